The van der Waals surface area contributed by atoms with Crippen molar-refractivity contribution >= 4 is 17.5 Å². The van der Waals surface area contributed by atoms with Crippen molar-refractivity contribution in [1.82, 2.24) is 4.90 Å². The molecule has 1 unspecified atom stereocenters. The second kappa shape index (κ2) is 6.36. The molecular weight excluding hydrogens is 284 g/mol. The fourth-order valence-electron chi connectivity index (χ4n) is 2.79. The smallest absolute Gasteiger partial charge is 0.226 e. The Hall–Kier alpha value is -2.08. The van der Waals surface area contributed by atoms with Gasteiger partial charge in [-0.3, -0.25) is 14.5 Å². The van der Waals surface area contributed by atoms with E-state index in [1.807, 2.05) is 6.07 Å². The van der Waals surface area contributed by atoms with Crippen LogP contribution in [0.5, 0.6) is 5.75 Å². The van der Waals surface area contributed by atoms with Crippen molar-refractivity contribution in [3.8, 4) is 5.75 Å². The normalized spacial score (nSPS) is 16.4. The van der Waals surface area contributed by atoms with Gasteiger partial charge in [0.05, 0.1) is 19.2 Å². The van der Waals surface area contributed by atoms with Crippen molar-refractivity contribution in [1.29, 1.82) is 0 Å². The van der Waals surface area contributed by atoms with Crippen molar-refractivity contribution in [2.75, 3.05) is 33.2 Å². The predicted molar refractivity (Wildman–Crippen MR) is 83.1 cm³/mol. The number of fused-ring (bicyclic) bond motifs is 1. The van der Waals surface area contributed by atoms with Gasteiger partial charge >= 0.3 is 0 Å². The van der Waals surface area contributed by atoms with Gasteiger partial charge in [-0.2, -0.15) is 0 Å². The summed E-state index contributed by atoms with van der Waals surface area (Å²) in [6, 6.07) is 3.64. The molecule has 0 bridgehead atoms. The molecule has 0 aromatic heterocycles. The predicted octanol–water partition coefficient (Wildman–Crippen LogP) is 1.21. The molecule has 0 spiro atoms. The van der Waals surface area contributed by atoms with Gasteiger partial charge in [-0.15, -0.1) is 0 Å². The van der Waals surface area contributed by atoms with E-state index in [-0.39, 0.29) is 24.5 Å². The Labute approximate surface area is 130 Å². The van der Waals surface area contributed by atoms with Crippen LogP contribution in [0, 0.1) is 0 Å². The molecule has 0 saturated heterocycles. The molecule has 1 aliphatic rings. The van der Waals surface area contributed by atoms with Crippen molar-refractivity contribution in [3.05, 3.63) is 23.3 Å². The third kappa shape index (κ3) is 2.78. The average Bonchev–Trinajstić information content (AvgIpc) is 2.86. The number of carbonyl (C=O) groups excluding carboxylic acids is 2. The Kier molecular flexibility index (Phi) is 4.71. The van der Waals surface area contributed by atoms with Crippen LogP contribution in [0.3, 0.4) is 0 Å². The van der Waals surface area contributed by atoms with Crippen LogP contribution < -0.4 is 9.64 Å². The van der Waals surface area contributed by atoms with Gasteiger partial charge in [-0.05, 0) is 17.7 Å². The van der Waals surface area contributed by atoms with E-state index in [1.165, 1.54) is 6.92 Å². The molecule has 1 heterocycles. The fraction of sp³-hybridized carbons (Fsp3) is 0.500. The number of nitrogens with zero attached hydrogens (tertiary/aromatic N) is 2. The summed E-state index contributed by atoms with van der Waals surface area (Å²) in [7, 11) is 6.60. The molecule has 0 fully saturated rings. The average molecular weight is 306 g/mol. The van der Waals surface area contributed by atoms with Crippen molar-refractivity contribution in [3.63, 3.8) is 0 Å². The minimum atomic E-state index is -0.340. The van der Waals surface area contributed by atoms with Crippen LogP contribution in [0.2, 0.25) is 0 Å². The molecular formula is C16H22N2O4. The summed E-state index contributed by atoms with van der Waals surface area (Å²) >= 11 is 0. The molecule has 1 aromatic rings. The summed E-state index contributed by atoms with van der Waals surface area (Å²) < 4.78 is 10.8. The van der Waals surface area contributed by atoms with Gasteiger partial charge in [0, 0.05) is 40.1 Å². The number of likely N-dealkylation sites (N-methyl/N-ethyl adjacent to an activating group) is 1. The van der Waals surface area contributed by atoms with E-state index in [0.717, 1.165) is 16.8 Å². The first-order valence-corrected chi connectivity index (χ1v) is 7.12. The van der Waals surface area contributed by atoms with Gasteiger partial charge in [-0.1, -0.05) is 0 Å². The van der Waals surface area contributed by atoms with E-state index in [4.69, 9.17) is 9.47 Å². The zero-order chi connectivity index (χ0) is 16.4. The van der Waals surface area contributed by atoms with Crippen molar-refractivity contribution in [2.45, 2.75) is 26.0 Å². The highest BCUT2D eigenvalue weighted by atomic mass is 16.5. The molecule has 120 valence electrons. The topological polar surface area (TPSA) is 59.1 Å². The number of anilines is 1. The van der Waals surface area contributed by atoms with Gasteiger partial charge in [0.15, 0.2) is 0 Å². The number of amides is 2. The van der Waals surface area contributed by atoms with Crippen LogP contribution in [0.25, 0.3) is 0 Å². The molecule has 0 aliphatic carbocycles. The van der Waals surface area contributed by atoms with Gasteiger partial charge in [0.25, 0.3) is 0 Å². The van der Waals surface area contributed by atoms with Crippen LogP contribution in [-0.4, -0.2) is 51.3 Å². The van der Waals surface area contributed by atoms with E-state index >= 15 is 0 Å². The number of hydrogen-bond acceptors (Lipinski definition) is 4. The number of hydrogen-bond donors (Lipinski definition) is 0. The Morgan fingerprint density at radius 3 is 2.50 bits per heavy atom. The Morgan fingerprint density at radius 1 is 1.32 bits per heavy atom. The summed E-state index contributed by atoms with van der Waals surface area (Å²) in [5.74, 6) is 0.566. The Bertz CT molecular complexity index is 598. The highest BCUT2D eigenvalue weighted by Crippen LogP contribution is 2.39. The molecule has 2 amide bonds. The van der Waals surface area contributed by atoms with Crippen LogP contribution in [-0.2, 0) is 27.2 Å². The lowest BCUT2D eigenvalue weighted by Crippen LogP contribution is -2.37. The third-order valence-electron chi connectivity index (χ3n) is 3.95. The van der Waals surface area contributed by atoms with Gasteiger partial charge in [0.2, 0.25) is 11.8 Å². The van der Waals surface area contributed by atoms with E-state index in [1.54, 1.807) is 44.2 Å². The van der Waals surface area contributed by atoms with Crippen LogP contribution in [0.4, 0.5) is 5.69 Å². The maximum absolute atomic E-state index is 12.1. The molecule has 6 heteroatoms. The van der Waals surface area contributed by atoms with Gasteiger partial charge < -0.3 is 14.4 Å². The lowest BCUT2D eigenvalue weighted by atomic mass is 10.00. The first-order valence-electron chi connectivity index (χ1n) is 7.12. The maximum atomic E-state index is 12.1. The Morgan fingerprint density at radius 2 is 2.00 bits per heavy atom. The van der Waals surface area contributed by atoms with Crippen molar-refractivity contribution < 1.29 is 19.1 Å². The quantitative estimate of drug-likeness (QED) is 0.839. The molecule has 2 rings (SSSR count). The van der Waals surface area contributed by atoms with Crippen LogP contribution >= 0.6 is 0 Å². The summed E-state index contributed by atoms with van der Waals surface area (Å²) in [6.07, 6.45) is 0.452. The fourth-order valence-corrected chi connectivity index (χ4v) is 2.79. The minimum absolute atomic E-state index is 0.0121. The second-order valence-electron chi connectivity index (χ2n) is 5.49. The molecule has 1 aliphatic heterocycles. The SMILES string of the molecule is COc1ccc2c(c1CC(=O)N(C)C)CC(OC)N2C(C)=O. The summed E-state index contributed by atoms with van der Waals surface area (Å²) in [6.45, 7) is 1.51. The van der Waals surface area contributed by atoms with E-state index in [9.17, 15) is 9.59 Å². The van der Waals surface area contributed by atoms with Gasteiger partial charge in [-0.25, -0.2) is 0 Å². The first kappa shape index (κ1) is 16.3. The molecule has 22 heavy (non-hydrogen) atoms. The molecule has 6 nitrogen and oxygen atoms in total. The lowest BCUT2D eigenvalue weighted by Gasteiger charge is -2.22. The van der Waals surface area contributed by atoms with E-state index in [0.29, 0.717) is 12.2 Å². The minimum Gasteiger partial charge on any atom is -0.496 e. The van der Waals surface area contributed by atoms with Gasteiger partial charge in [0.1, 0.15) is 12.0 Å². The highest BCUT2D eigenvalue weighted by molar-refractivity contribution is 5.95. The summed E-state index contributed by atoms with van der Waals surface area (Å²) in [4.78, 5) is 27.2. The molecule has 0 saturated carbocycles. The summed E-state index contributed by atoms with van der Waals surface area (Å²) in [5.41, 5.74) is 2.56. The van der Waals surface area contributed by atoms with Crippen LogP contribution in [0.1, 0.15) is 18.1 Å². The molecule has 0 radical (unpaired) electrons. The number of benzene rings is 1. The third-order valence-corrected chi connectivity index (χ3v) is 3.95. The number of carbonyl (C=O) groups is 2. The number of methoxy groups -OCH3 is 2. The molecule has 0 N–H and O–H groups in total. The van der Waals surface area contributed by atoms with Crippen LogP contribution in [0.15, 0.2) is 12.1 Å². The second-order valence-corrected chi connectivity index (χ2v) is 5.49. The maximum Gasteiger partial charge on any atom is 0.226 e. The zero-order valence-electron chi connectivity index (χ0n) is 13.7. The standard InChI is InChI=1S/C16H22N2O4/c1-10(19)18-13-6-7-14(21-4)12(8-15(20)17(2)3)11(13)9-16(18)22-5/h6-7,16H,8-9H2,1-5H3. The molecule has 1 aromatic carbocycles. The largest absolute Gasteiger partial charge is 0.496 e. The lowest BCUT2D eigenvalue weighted by molar-refractivity contribution is -0.128. The first-order chi connectivity index (χ1) is 10.4. The summed E-state index contributed by atoms with van der Waals surface area (Å²) in [5, 5.41) is 0. The highest BCUT2D eigenvalue weighted by Gasteiger charge is 2.35. The monoisotopic (exact) mass is 306 g/mol. The van der Waals surface area contributed by atoms with E-state index in [2.05, 4.69) is 0 Å². The Balaban J connectivity index is 2.51. The zero-order valence-corrected chi connectivity index (χ0v) is 13.7. The van der Waals surface area contributed by atoms with Crippen molar-refractivity contribution in [2.24, 2.45) is 0 Å². The van der Waals surface area contributed by atoms with E-state index < -0.39 is 0 Å². The molecule has 1 atom stereocenters. The number of rotatable bonds is 4. The number of ether oxygens (including phenoxy) is 2.